The lowest BCUT2D eigenvalue weighted by Crippen LogP contribution is -2.16. The van der Waals surface area contributed by atoms with Crippen molar-refractivity contribution in [3.8, 4) is 5.75 Å². The van der Waals surface area contributed by atoms with Crippen LogP contribution in [0.15, 0.2) is 12.1 Å². The maximum Gasteiger partial charge on any atom is 0.167 e. The maximum absolute atomic E-state index is 13.6. The van der Waals surface area contributed by atoms with Crippen molar-refractivity contribution >= 4 is 0 Å². The van der Waals surface area contributed by atoms with E-state index in [-0.39, 0.29) is 6.04 Å². The highest BCUT2D eigenvalue weighted by molar-refractivity contribution is 5.38. The first-order valence-corrected chi connectivity index (χ1v) is 4.99. The summed E-state index contributed by atoms with van der Waals surface area (Å²) in [5, 5.41) is 3.13. The second-order valence-electron chi connectivity index (χ2n) is 3.63. The van der Waals surface area contributed by atoms with Crippen molar-refractivity contribution in [3.05, 3.63) is 29.3 Å². The van der Waals surface area contributed by atoms with Crippen molar-refractivity contribution in [1.82, 2.24) is 5.32 Å². The molecule has 1 atom stereocenters. The van der Waals surface area contributed by atoms with Crippen LogP contribution >= 0.6 is 0 Å². The van der Waals surface area contributed by atoms with Crippen LogP contribution in [-0.2, 0) is 0 Å². The Morgan fingerprint density at radius 1 is 1.40 bits per heavy atom. The van der Waals surface area contributed by atoms with E-state index in [0.29, 0.717) is 11.3 Å². The predicted octanol–water partition coefficient (Wildman–Crippen LogP) is 2.40. The zero-order valence-corrected chi connectivity index (χ0v) is 8.52. The second-order valence-corrected chi connectivity index (χ2v) is 3.63. The lowest BCUT2D eigenvalue weighted by Gasteiger charge is -2.16. The number of benzene rings is 1. The van der Waals surface area contributed by atoms with E-state index in [2.05, 4.69) is 5.32 Å². The molecular weight excluding hydrogens is 200 g/mol. The van der Waals surface area contributed by atoms with Gasteiger partial charge in [-0.1, -0.05) is 0 Å². The topological polar surface area (TPSA) is 21.3 Å². The van der Waals surface area contributed by atoms with Gasteiger partial charge < -0.3 is 10.1 Å². The molecule has 15 heavy (non-hydrogen) atoms. The highest BCUT2D eigenvalue weighted by Crippen LogP contribution is 2.33. The van der Waals surface area contributed by atoms with E-state index in [9.17, 15) is 8.78 Å². The summed E-state index contributed by atoms with van der Waals surface area (Å²) < 4.78 is 31.7. The molecule has 2 nitrogen and oxygen atoms in total. The molecule has 1 aliphatic rings. The van der Waals surface area contributed by atoms with Crippen molar-refractivity contribution in [2.45, 2.75) is 18.9 Å². The first-order valence-electron chi connectivity index (χ1n) is 4.99. The Bertz CT molecular complexity index is 362. The molecule has 0 bridgehead atoms. The van der Waals surface area contributed by atoms with Crippen LogP contribution in [0.2, 0.25) is 0 Å². The van der Waals surface area contributed by atoms with E-state index in [1.165, 1.54) is 13.2 Å². The predicted molar refractivity (Wildman–Crippen MR) is 52.9 cm³/mol. The van der Waals surface area contributed by atoms with Gasteiger partial charge in [0.1, 0.15) is 5.75 Å². The molecule has 1 aliphatic heterocycles. The zero-order chi connectivity index (χ0) is 10.8. The molecule has 0 aromatic heterocycles. The summed E-state index contributed by atoms with van der Waals surface area (Å²) in [5.74, 6) is -1.21. The summed E-state index contributed by atoms with van der Waals surface area (Å²) >= 11 is 0. The summed E-state index contributed by atoms with van der Waals surface area (Å²) in [7, 11) is 1.46. The van der Waals surface area contributed by atoms with Gasteiger partial charge in [-0.3, -0.25) is 0 Å². The van der Waals surface area contributed by atoms with Crippen molar-refractivity contribution in [2.24, 2.45) is 0 Å². The quantitative estimate of drug-likeness (QED) is 0.814. The number of rotatable bonds is 2. The third-order valence-electron chi connectivity index (χ3n) is 2.72. The molecule has 0 saturated carbocycles. The van der Waals surface area contributed by atoms with Gasteiger partial charge in [0.2, 0.25) is 0 Å². The minimum atomic E-state index is -0.820. The van der Waals surface area contributed by atoms with Crippen LogP contribution in [0.4, 0.5) is 8.78 Å². The fourth-order valence-corrected chi connectivity index (χ4v) is 1.98. The van der Waals surface area contributed by atoms with Gasteiger partial charge in [-0.15, -0.1) is 0 Å². The van der Waals surface area contributed by atoms with Gasteiger partial charge in [-0.25, -0.2) is 8.78 Å². The van der Waals surface area contributed by atoms with Crippen molar-refractivity contribution in [1.29, 1.82) is 0 Å². The minimum absolute atomic E-state index is 0.129. The first-order chi connectivity index (χ1) is 7.24. The molecule has 0 spiro atoms. The molecule has 1 heterocycles. The average molecular weight is 213 g/mol. The Kier molecular flexibility index (Phi) is 2.86. The van der Waals surface area contributed by atoms with Crippen molar-refractivity contribution in [3.63, 3.8) is 0 Å². The summed E-state index contributed by atoms with van der Waals surface area (Å²) in [6.45, 7) is 0.837. The lowest BCUT2D eigenvalue weighted by molar-refractivity contribution is 0.388. The maximum atomic E-state index is 13.6. The van der Waals surface area contributed by atoms with Crippen LogP contribution in [-0.4, -0.2) is 13.7 Å². The van der Waals surface area contributed by atoms with Gasteiger partial charge in [0.15, 0.2) is 11.6 Å². The van der Waals surface area contributed by atoms with E-state index < -0.39 is 11.6 Å². The van der Waals surface area contributed by atoms with E-state index in [4.69, 9.17) is 4.74 Å². The molecule has 2 rings (SSSR count). The Morgan fingerprint density at radius 3 is 2.80 bits per heavy atom. The van der Waals surface area contributed by atoms with Crippen LogP contribution in [0, 0.1) is 11.6 Å². The van der Waals surface area contributed by atoms with Gasteiger partial charge in [0, 0.05) is 11.6 Å². The van der Waals surface area contributed by atoms with E-state index in [0.717, 1.165) is 25.5 Å². The highest BCUT2D eigenvalue weighted by atomic mass is 19.2. The molecule has 4 heteroatoms. The second kappa shape index (κ2) is 4.14. The molecule has 1 aromatic rings. The van der Waals surface area contributed by atoms with Gasteiger partial charge in [-0.05, 0) is 31.5 Å². The normalized spacial score (nSPS) is 20.6. The fraction of sp³-hybridized carbons (Fsp3) is 0.455. The lowest BCUT2D eigenvalue weighted by atomic mass is 10.0. The van der Waals surface area contributed by atoms with E-state index >= 15 is 0 Å². The standard InChI is InChI=1S/C11H13F2NO/c1-15-9-5-4-7(12)11(13)10(9)8-3-2-6-14-8/h4-5,8,14H,2-3,6H2,1H3/t8-/m1/s1. The van der Waals surface area contributed by atoms with Crippen LogP contribution < -0.4 is 10.1 Å². The fourth-order valence-electron chi connectivity index (χ4n) is 1.98. The third kappa shape index (κ3) is 1.81. The summed E-state index contributed by atoms with van der Waals surface area (Å²) in [5.41, 5.74) is 0.315. The van der Waals surface area contributed by atoms with E-state index in [1.54, 1.807) is 0 Å². The third-order valence-corrected chi connectivity index (χ3v) is 2.72. The summed E-state index contributed by atoms with van der Waals surface area (Å²) in [4.78, 5) is 0. The number of hydrogen-bond donors (Lipinski definition) is 1. The molecule has 0 radical (unpaired) electrons. The monoisotopic (exact) mass is 213 g/mol. The number of nitrogens with one attached hydrogen (secondary N) is 1. The Labute approximate surface area is 87.2 Å². The first kappa shape index (κ1) is 10.4. The Morgan fingerprint density at radius 2 is 2.20 bits per heavy atom. The number of hydrogen-bond acceptors (Lipinski definition) is 2. The molecule has 1 N–H and O–H groups in total. The Hall–Kier alpha value is -1.16. The molecule has 0 unspecified atom stereocenters. The SMILES string of the molecule is COc1ccc(F)c(F)c1[C@H]1CCCN1. The molecule has 82 valence electrons. The van der Waals surface area contributed by atoms with Crippen molar-refractivity contribution in [2.75, 3.05) is 13.7 Å². The van der Waals surface area contributed by atoms with Gasteiger partial charge in [0.05, 0.1) is 7.11 Å². The summed E-state index contributed by atoms with van der Waals surface area (Å²) in [6, 6.07) is 2.43. The van der Waals surface area contributed by atoms with Crippen LogP contribution in [0.3, 0.4) is 0 Å². The molecule has 1 fully saturated rings. The highest BCUT2D eigenvalue weighted by Gasteiger charge is 2.25. The van der Waals surface area contributed by atoms with Crippen molar-refractivity contribution < 1.29 is 13.5 Å². The Balaban J connectivity index is 2.45. The van der Waals surface area contributed by atoms with Gasteiger partial charge in [-0.2, -0.15) is 0 Å². The van der Waals surface area contributed by atoms with Gasteiger partial charge >= 0.3 is 0 Å². The smallest absolute Gasteiger partial charge is 0.167 e. The molecular formula is C11H13F2NO. The number of ether oxygens (including phenoxy) is 1. The zero-order valence-electron chi connectivity index (χ0n) is 8.52. The van der Waals surface area contributed by atoms with Gasteiger partial charge in [0.25, 0.3) is 0 Å². The molecule has 0 amide bonds. The molecule has 0 aliphatic carbocycles. The van der Waals surface area contributed by atoms with Crippen LogP contribution in [0.25, 0.3) is 0 Å². The number of halogens is 2. The van der Waals surface area contributed by atoms with Crippen LogP contribution in [0.1, 0.15) is 24.4 Å². The molecule has 1 aromatic carbocycles. The largest absolute Gasteiger partial charge is 0.496 e. The van der Waals surface area contributed by atoms with Crippen LogP contribution in [0.5, 0.6) is 5.75 Å². The van der Waals surface area contributed by atoms with E-state index in [1.807, 2.05) is 0 Å². The molecule has 1 saturated heterocycles. The number of methoxy groups -OCH3 is 1. The summed E-state index contributed by atoms with van der Waals surface area (Å²) in [6.07, 6.45) is 1.79. The minimum Gasteiger partial charge on any atom is -0.496 e. The average Bonchev–Trinajstić information content (AvgIpc) is 2.75.